The average molecular weight is 420 g/mol. The Morgan fingerprint density at radius 2 is 1.74 bits per heavy atom. The molecule has 1 amide bonds. The number of phenolic OH excluding ortho intramolecular Hbond substituents is 1. The van der Waals surface area contributed by atoms with Crippen molar-refractivity contribution in [2.45, 2.75) is 26.3 Å². The molecule has 4 aromatic rings. The molecule has 0 saturated heterocycles. The number of carbonyl (C=O) groups is 1. The van der Waals surface area contributed by atoms with Crippen molar-refractivity contribution in [3.8, 4) is 5.75 Å². The summed E-state index contributed by atoms with van der Waals surface area (Å²) in [7, 11) is 0. The first-order chi connectivity index (χ1) is 15.0. The normalized spacial score (nSPS) is 11.1. The van der Waals surface area contributed by atoms with Crippen LogP contribution in [-0.2, 0) is 19.4 Å². The number of phenols is 1. The maximum Gasteiger partial charge on any atom is 0.326 e. The van der Waals surface area contributed by atoms with Crippen molar-refractivity contribution in [1.82, 2.24) is 9.88 Å². The summed E-state index contributed by atoms with van der Waals surface area (Å²) in [5.41, 5.74) is 4.03. The van der Waals surface area contributed by atoms with Gasteiger partial charge in [0, 0.05) is 23.7 Å². The molecular formula is C25H22F2N2O2. The lowest BCUT2D eigenvalue weighted by atomic mass is 10.0. The number of rotatable bonds is 5. The quantitative estimate of drug-likeness (QED) is 0.446. The molecule has 0 radical (unpaired) electrons. The number of fused-ring (bicyclic) bond motifs is 1. The molecule has 4 nitrogen and oxygen atoms in total. The molecule has 31 heavy (non-hydrogen) atoms. The van der Waals surface area contributed by atoms with Crippen LogP contribution in [0.15, 0.2) is 66.7 Å². The van der Waals surface area contributed by atoms with Crippen molar-refractivity contribution < 1.29 is 18.7 Å². The van der Waals surface area contributed by atoms with Gasteiger partial charge in [0.1, 0.15) is 5.75 Å². The third-order valence-electron chi connectivity index (χ3n) is 5.36. The Labute approximate surface area is 178 Å². The highest BCUT2D eigenvalue weighted by Crippen LogP contribution is 2.31. The van der Waals surface area contributed by atoms with Crippen LogP contribution in [0.3, 0.4) is 0 Å². The molecule has 0 aliphatic heterocycles. The number of hydrogen-bond donors (Lipinski definition) is 2. The Morgan fingerprint density at radius 3 is 2.45 bits per heavy atom. The third-order valence-corrected chi connectivity index (χ3v) is 5.36. The number of carbonyl (C=O) groups excluding carboxylic acids is 1. The van der Waals surface area contributed by atoms with Gasteiger partial charge in [-0.1, -0.05) is 43.3 Å². The minimum atomic E-state index is -0.956. The van der Waals surface area contributed by atoms with Gasteiger partial charge >= 0.3 is 6.03 Å². The van der Waals surface area contributed by atoms with E-state index in [-0.39, 0.29) is 12.3 Å². The summed E-state index contributed by atoms with van der Waals surface area (Å²) in [5, 5.41) is 13.7. The summed E-state index contributed by atoms with van der Waals surface area (Å²) >= 11 is 0. The second-order valence-corrected chi connectivity index (χ2v) is 7.39. The van der Waals surface area contributed by atoms with E-state index < -0.39 is 17.7 Å². The van der Waals surface area contributed by atoms with Crippen LogP contribution in [0.25, 0.3) is 10.9 Å². The molecule has 4 rings (SSSR count). The molecule has 0 aliphatic rings. The summed E-state index contributed by atoms with van der Waals surface area (Å²) in [6.45, 7) is 2.02. The number of amides is 1. The summed E-state index contributed by atoms with van der Waals surface area (Å²) < 4.78 is 28.2. The molecule has 0 fully saturated rings. The zero-order valence-corrected chi connectivity index (χ0v) is 17.0. The molecule has 0 atom stereocenters. The lowest BCUT2D eigenvalue weighted by Crippen LogP contribution is -2.29. The highest BCUT2D eigenvalue weighted by atomic mass is 19.2. The summed E-state index contributed by atoms with van der Waals surface area (Å²) in [6, 6.07) is 18.1. The molecular weight excluding hydrogens is 398 g/mol. The fourth-order valence-corrected chi connectivity index (χ4v) is 3.90. The molecule has 1 aromatic heterocycles. The summed E-state index contributed by atoms with van der Waals surface area (Å²) in [4.78, 5) is 13.1. The first kappa shape index (κ1) is 20.6. The van der Waals surface area contributed by atoms with Crippen LogP contribution in [0, 0.1) is 11.6 Å². The number of benzene rings is 3. The van der Waals surface area contributed by atoms with Crippen molar-refractivity contribution in [2.24, 2.45) is 0 Å². The van der Waals surface area contributed by atoms with E-state index in [1.807, 2.05) is 43.3 Å². The molecule has 0 spiro atoms. The third kappa shape index (κ3) is 4.14. The number of aromatic nitrogens is 1. The number of aromatic hydroxyl groups is 1. The molecule has 3 aromatic carbocycles. The van der Waals surface area contributed by atoms with Crippen LogP contribution in [0.5, 0.6) is 5.75 Å². The van der Waals surface area contributed by atoms with E-state index in [1.165, 1.54) is 6.07 Å². The number of nitrogens with one attached hydrogen (secondary N) is 1. The largest absolute Gasteiger partial charge is 0.508 e. The fraction of sp³-hybridized carbons (Fsp3) is 0.160. The second kappa shape index (κ2) is 8.60. The lowest BCUT2D eigenvalue weighted by Gasteiger charge is -2.12. The van der Waals surface area contributed by atoms with Gasteiger partial charge in [0.05, 0.1) is 5.52 Å². The maximum absolute atomic E-state index is 13.5. The van der Waals surface area contributed by atoms with Crippen LogP contribution in [0.2, 0.25) is 0 Å². The van der Waals surface area contributed by atoms with Gasteiger partial charge in [-0.25, -0.2) is 13.6 Å². The van der Waals surface area contributed by atoms with E-state index in [1.54, 1.807) is 16.7 Å². The zero-order valence-electron chi connectivity index (χ0n) is 17.0. The van der Waals surface area contributed by atoms with E-state index in [0.717, 1.165) is 34.3 Å². The van der Waals surface area contributed by atoms with Gasteiger partial charge in [-0.2, -0.15) is 0 Å². The highest BCUT2D eigenvalue weighted by molar-refractivity contribution is 5.96. The smallest absolute Gasteiger partial charge is 0.326 e. The predicted molar refractivity (Wildman–Crippen MR) is 116 cm³/mol. The molecule has 2 N–H and O–H groups in total. The van der Waals surface area contributed by atoms with Crippen molar-refractivity contribution in [3.05, 3.63) is 101 Å². The first-order valence-corrected chi connectivity index (χ1v) is 10.1. The molecule has 0 unspecified atom stereocenters. The molecule has 6 heteroatoms. The Morgan fingerprint density at radius 1 is 0.968 bits per heavy atom. The first-order valence-electron chi connectivity index (χ1n) is 10.1. The van der Waals surface area contributed by atoms with Crippen LogP contribution < -0.4 is 5.32 Å². The van der Waals surface area contributed by atoms with E-state index in [4.69, 9.17) is 0 Å². The topological polar surface area (TPSA) is 54.3 Å². The van der Waals surface area contributed by atoms with Crippen LogP contribution in [-0.4, -0.2) is 15.7 Å². The molecule has 0 bridgehead atoms. The van der Waals surface area contributed by atoms with Gasteiger partial charge < -0.3 is 10.4 Å². The van der Waals surface area contributed by atoms with Gasteiger partial charge in [-0.05, 0) is 53.8 Å². The lowest BCUT2D eigenvalue weighted by molar-refractivity contribution is 0.242. The summed E-state index contributed by atoms with van der Waals surface area (Å²) in [6.07, 6.45) is 1.25. The van der Waals surface area contributed by atoms with Gasteiger partial charge in [0.25, 0.3) is 0 Å². The van der Waals surface area contributed by atoms with Gasteiger partial charge in [-0.15, -0.1) is 0 Å². The van der Waals surface area contributed by atoms with Gasteiger partial charge in [0.15, 0.2) is 11.6 Å². The highest BCUT2D eigenvalue weighted by Gasteiger charge is 2.21. The number of nitrogens with zero attached hydrogens (tertiary/aromatic N) is 1. The molecule has 0 saturated carbocycles. The molecule has 0 aliphatic carbocycles. The Hall–Kier alpha value is -3.67. The Kier molecular flexibility index (Phi) is 5.71. The SMILES string of the molecule is CCc1c(Cc2ccccc2)c2ccc(O)cc2n1C(=O)NCc1ccc(F)c(F)c1. The average Bonchev–Trinajstić information content (AvgIpc) is 3.07. The zero-order chi connectivity index (χ0) is 22.0. The monoisotopic (exact) mass is 420 g/mol. The second-order valence-electron chi connectivity index (χ2n) is 7.39. The molecule has 158 valence electrons. The minimum Gasteiger partial charge on any atom is -0.508 e. The van der Waals surface area contributed by atoms with Crippen molar-refractivity contribution in [2.75, 3.05) is 0 Å². The molecule has 1 heterocycles. The predicted octanol–water partition coefficient (Wildman–Crippen LogP) is 5.54. The van der Waals surface area contributed by atoms with E-state index >= 15 is 0 Å². The number of hydrogen-bond acceptors (Lipinski definition) is 2. The Bertz CT molecular complexity index is 1250. The van der Waals surface area contributed by atoms with E-state index in [9.17, 15) is 18.7 Å². The fourth-order valence-electron chi connectivity index (χ4n) is 3.90. The van der Waals surface area contributed by atoms with Crippen molar-refractivity contribution in [1.29, 1.82) is 0 Å². The van der Waals surface area contributed by atoms with Crippen molar-refractivity contribution in [3.63, 3.8) is 0 Å². The van der Waals surface area contributed by atoms with Gasteiger partial charge in [-0.3, -0.25) is 4.57 Å². The summed E-state index contributed by atoms with van der Waals surface area (Å²) in [5.74, 6) is -1.82. The van der Waals surface area contributed by atoms with Crippen LogP contribution in [0.1, 0.15) is 29.3 Å². The minimum absolute atomic E-state index is 0.0473. The van der Waals surface area contributed by atoms with Crippen LogP contribution in [0.4, 0.5) is 13.6 Å². The Balaban J connectivity index is 1.72. The number of halogens is 2. The van der Waals surface area contributed by atoms with E-state index in [2.05, 4.69) is 5.32 Å². The van der Waals surface area contributed by atoms with E-state index in [0.29, 0.717) is 23.9 Å². The van der Waals surface area contributed by atoms with Gasteiger partial charge in [0.2, 0.25) is 0 Å². The van der Waals surface area contributed by atoms with Crippen molar-refractivity contribution >= 4 is 16.9 Å². The standard InChI is InChI=1S/C25H22F2N2O2/c1-2-23-20(12-16-6-4-3-5-7-16)19-10-9-18(30)14-24(19)29(23)25(31)28-15-17-8-11-21(26)22(27)13-17/h3-11,13-14,30H,2,12,15H2,1H3,(H,28,31). The van der Waals surface area contributed by atoms with Crippen LogP contribution >= 0.6 is 0 Å². The maximum atomic E-state index is 13.5.